The van der Waals surface area contributed by atoms with Gasteiger partial charge in [-0.1, -0.05) is 24.3 Å². The van der Waals surface area contributed by atoms with Gasteiger partial charge in [0.25, 0.3) is 0 Å². The topological polar surface area (TPSA) is 69.9 Å². The molecule has 1 aromatic rings. The fourth-order valence-electron chi connectivity index (χ4n) is 1.24. The van der Waals surface area contributed by atoms with E-state index in [2.05, 4.69) is 0 Å². The van der Waals surface area contributed by atoms with Crippen molar-refractivity contribution in [2.75, 3.05) is 13.2 Å². The maximum atomic E-state index is 9.60. The Labute approximate surface area is 107 Å². The van der Waals surface area contributed by atoms with Gasteiger partial charge in [-0.05, 0) is 31.5 Å². The molecule has 0 bridgehead atoms. The van der Waals surface area contributed by atoms with Gasteiger partial charge in [0.15, 0.2) is 0 Å². The first-order chi connectivity index (χ1) is 8.43. The molecule has 0 saturated carbocycles. The smallest absolute Gasteiger partial charge is 0.119 e. The van der Waals surface area contributed by atoms with Gasteiger partial charge in [0.05, 0.1) is 12.2 Å². The number of hydrogen-bond donors (Lipinski definition) is 3. The third kappa shape index (κ3) is 4.87. The Morgan fingerprint density at radius 3 is 2.39 bits per heavy atom. The van der Waals surface area contributed by atoms with Crippen molar-refractivity contribution in [3.63, 3.8) is 0 Å². The second kappa shape index (κ2) is 6.54. The summed E-state index contributed by atoms with van der Waals surface area (Å²) in [4.78, 5) is 0. The summed E-state index contributed by atoms with van der Waals surface area (Å²) in [5.74, 6) is 0.624. The lowest BCUT2D eigenvalue weighted by Gasteiger charge is -2.24. The minimum Gasteiger partial charge on any atom is -0.491 e. The van der Waals surface area contributed by atoms with E-state index in [1.54, 1.807) is 24.3 Å². The van der Waals surface area contributed by atoms with Gasteiger partial charge in [0, 0.05) is 0 Å². The zero-order valence-corrected chi connectivity index (χ0v) is 10.7. The van der Waals surface area contributed by atoms with Crippen LogP contribution < -0.4 is 4.74 Å². The number of ether oxygens (including phenoxy) is 1. The monoisotopic (exact) mass is 252 g/mol. The fraction of sp³-hybridized carbons (Fsp3) is 0.429. The molecule has 1 aromatic carbocycles. The van der Waals surface area contributed by atoms with E-state index in [1.165, 1.54) is 13.8 Å². The van der Waals surface area contributed by atoms with Crippen LogP contribution in [-0.4, -0.2) is 40.2 Å². The SMILES string of the molecule is CC(C)(O)[C@H](O)COc1ccc(C=CCO)cc1. The van der Waals surface area contributed by atoms with E-state index in [4.69, 9.17) is 9.84 Å². The molecule has 0 unspecified atom stereocenters. The van der Waals surface area contributed by atoms with Gasteiger partial charge in [-0.25, -0.2) is 0 Å². The number of rotatable bonds is 6. The standard InChI is InChI=1S/C14H20O4/c1-14(2,17)13(16)10-18-12-7-5-11(6-8-12)4-3-9-15/h3-8,13,15-17H,9-10H2,1-2H3/t13-/m1/s1. The molecule has 0 aliphatic heterocycles. The van der Waals surface area contributed by atoms with Crippen LogP contribution in [0.25, 0.3) is 6.08 Å². The Bertz CT molecular complexity index is 376. The van der Waals surface area contributed by atoms with Gasteiger partial charge in [-0.3, -0.25) is 0 Å². The van der Waals surface area contributed by atoms with Gasteiger partial charge >= 0.3 is 0 Å². The van der Waals surface area contributed by atoms with Crippen LogP contribution in [0.3, 0.4) is 0 Å². The Morgan fingerprint density at radius 2 is 1.89 bits per heavy atom. The van der Waals surface area contributed by atoms with Crippen LogP contribution in [0.2, 0.25) is 0 Å². The van der Waals surface area contributed by atoms with Crippen LogP contribution in [0.1, 0.15) is 19.4 Å². The number of aliphatic hydroxyl groups is 3. The van der Waals surface area contributed by atoms with Gasteiger partial charge in [-0.2, -0.15) is 0 Å². The largest absolute Gasteiger partial charge is 0.491 e. The van der Waals surface area contributed by atoms with Gasteiger partial charge in [-0.15, -0.1) is 0 Å². The summed E-state index contributed by atoms with van der Waals surface area (Å²) in [6.45, 7) is 3.11. The Morgan fingerprint density at radius 1 is 1.28 bits per heavy atom. The first-order valence-corrected chi connectivity index (χ1v) is 5.84. The van der Waals surface area contributed by atoms with Crippen molar-refractivity contribution in [2.45, 2.75) is 25.6 Å². The summed E-state index contributed by atoms with van der Waals surface area (Å²) in [6.07, 6.45) is 2.51. The molecular formula is C14H20O4. The highest BCUT2D eigenvalue weighted by Crippen LogP contribution is 2.15. The van der Waals surface area contributed by atoms with E-state index >= 15 is 0 Å². The number of aliphatic hydroxyl groups excluding tert-OH is 2. The highest BCUT2D eigenvalue weighted by atomic mass is 16.5. The maximum Gasteiger partial charge on any atom is 0.119 e. The highest BCUT2D eigenvalue weighted by Gasteiger charge is 2.24. The van der Waals surface area contributed by atoms with E-state index in [0.717, 1.165) is 5.56 Å². The minimum atomic E-state index is -1.18. The normalized spacial score (nSPS) is 13.8. The van der Waals surface area contributed by atoms with Crippen LogP contribution >= 0.6 is 0 Å². The lowest BCUT2D eigenvalue weighted by Crippen LogP contribution is -2.40. The third-order valence-corrected chi connectivity index (χ3v) is 2.52. The molecule has 0 aliphatic rings. The molecule has 3 N–H and O–H groups in total. The van der Waals surface area contributed by atoms with Crippen LogP contribution in [0.5, 0.6) is 5.75 Å². The van der Waals surface area contributed by atoms with E-state index in [0.29, 0.717) is 5.75 Å². The third-order valence-electron chi connectivity index (χ3n) is 2.52. The summed E-state index contributed by atoms with van der Waals surface area (Å²) >= 11 is 0. The molecule has 1 rings (SSSR count). The highest BCUT2D eigenvalue weighted by molar-refractivity contribution is 5.50. The second-order valence-corrected chi connectivity index (χ2v) is 4.63. The van der Waals surface area contributed by atoms with Crippen LogP contribution in [0.15, 0.2) is 30.3 Å². The van der Waals surface area contributed by atoms with E-state index in [-0.39, 0.29) is 13.2 Å². The lowest BCUT2D eigenvalue weighted by atomic mass is 10.0. The molecule has 0 fully saturated rings. The van der Waals surface area contributed by atoms with Crippen molar-refractivity contribution in [1.82, 2.24) is 0 Å². The van der Waals surface area contributed by atoms with Crippen molar-refractivity contribution in [3.05, 3.63) is 35.9 Å². The molecular weight excluding hydrogens is 232 g/mol. The van der Waals surface area contributed by atoms with Crippen molar-refractivity contribution < 1.29 is 20.1 Å². The molecule has 0 spiro atoms. The zero-order chi connectivity index (χ0) is 13.6. The van der Waals surface area contributed by atoms with Crippen molar-refractivity contribution in [1.29, 1.82) is 0 Å². The predicted molar refractivity (Wildman–Crippen MR) is 70.4 cm³/mol. The summed E-state index contributed by atoms with van der Waals surface area (Å²) in [5.41, 5.74) is -0.219. The van der Waals surface area contributed by atoms with Crippen LogP contribution in [-0.2, 0) is 0 Å². The lowest BCUT2D eigenvalue weighted by molar-refractivity contribution is -0.0661. The minimum absolute atomic E-state index is 0.00995. The fourth-order valence-corrected chi connectivity index (χ4v) is 1.24. The first kappa shape index (κ1) is 14.7. The van der Waals surface area contributed by atoms with Crippen molar-refractivity contribution in [2.24, 2.45) is 0 Å². The maximum absolute atomic E-state index is 9.60. The number of hydrogen-bond acceptors (Lipinski definition) is 4. The van der Waals surface area contributed by atoms with Crippen LogP contribution in [0, 0.1) is 0 Å². The Hall–Kier alpha value is -1.36. The van der Waals surface area contributed by atoms with Crippen LogP contribution in [0.4, 0.5) is 0 Å². The molecule has 1 atom stereocenters. The van der Waals surface area contributed by atoms with E-state index in [9.17, 15) is 10.2 Å². The summed E-state index contributed by atoms with van der Waals surface area (Å²) < 4.78 is 5.37. The molecule has 0 saturated heterocycles. The van der Waals surface area contributed by atoms with Gasteiger partial charge in [0.1, 0.15) is 18.5 Å². The quantitative estimate of drug-likeness (QED) is 0.711. The number of benzene rings is 1. The average molecular weight is 252 g/mol. The van der Waals surface area contributed by atoms with E-state index in [1.807, 2.05) is 12.1 Å². The molecule has 0 aliphatic carbocycles. The predicted octanol–water partition coefficient (Wildman–Crippen LogP) is 1.20. The molecule has 4 nitrogen and oxygen atoms in total. The van der Waals surface area contributed by atoms with Gasteiger partial charge < -0.3 is 20.1 Å². The van der Waals surface area contributed by atoms with E-state index < -0.39 is 11.7 Å². The molecule has 0 aromatic heterocycles. The molecule has 0 heterocycles. The zero-order valence-electron chi connectivity index (χ0n) is 10.7. The summed E-state index contributed by atoms with van der Waals surface area (Å²) in [6, 6.07) is 7.23. The summed E-state index contributed by atoms with van der Waals surface area (Å²) in [5, 5.41) is 27.8. The molecule has 100 valence electrons. The second-order valence-electron chi connectivity index (χ2n) is 4.63. The Kier molecular flexibility index (Phi) is 5.34. The average Bonchev–Trinajstić information content (AvgIpc) is 2.33. The molecule has 0 radical (unpaired) electrons. The summed E-state index contributed by atoms with van der Waals surface area (Å²) in [7, 11) is 0. The molecule has 18 heavy (non-hydrogen) atoms. The van der Waals surface area contributed by atoms with Crippen molar-refractivity contribution >= 4 is 6.08 Å². The molecule has 4 heteroatoms. The van der Waals surface area contributed by atoms with Gasteiger partial charge in [0.2, 0.25) is 0 Å². The van der Waals surface area contributed by atoms with Crippen molar-refractivity contribution in [3.8, 4) is 5.75 Å². The Balaban J connectivity index is 2.52. The molecule has 0 amide bonds. The first-order valence-electron chi connectivity index (χ1n) is 5.84.